The summed E-state index contributed by atoms with van der Waals surface area (Å²) in [6, 6.07) is 18.9. The lowest BCUT2D eigenvalue weighted by molar-refractivity contribution is 0.105. The van der Waals surface area contributed by atoms with E-state index in [-0.39, 0.29) is 5.78 Å². The van der Waals surface area contributed by atoms with Crippen LogP contribution in [0.4, 0.5) is 0 Å². The van der Waals surface area contributed by atoms with Gasteiger partial charge in [0, 0.05) is 0 Å². The molecule has 3 rings (SSSR count). The molecular weight excluding hydrogens is 368 g/mol. The van der Waals surface area contributed by atoms with Crippen LogP contribution in [0, 0.1) is 0 Å². The van der Waals surface area contributed by atoms with Gasteiger partial charge in [0.1, 0.15) is 6.61 Å². The lowest BCUT2D eigenvalue weighted by atomic mass is 10.1. The molecule has 0 saturated heterocycles. The first kappa shape index (κ1) is 18.2. The quantitative estimate of drug-likeness (QED) is 0.376. The number of hydrogen-bond acceptors (Lipinski definition) is 4. The SMILES string of the molecule is COc1ccc(C=CC(=O)c2ccc(Cl)s2)cc1OCc1ccccc1. The Morgan fingerprint density at radius 3 is 2.58 bits per heavy atom. The molecule has 0 fully saturated rings. The van der Waals surface area contributed by atoms with Gasteiger partial charge in [-0.2, -0.15) is 0 Å². The molecule has 0 unspecified atom stereocenters. The smallest absolute Gasteiger partial charge is 0.195 e. The summed E-state index contributed by atoms with van der Waals surface area (Å²) in [5.41, 5.74) is 1.92. The van der Waals surface area contributed by atoms with Gasteiger partial charge in [-0.1, -0.05) is 54.1 Å². The highest BCUT2D eigenvalue weighted by Crippen LogP contribution is 2.29. The molecular formula is C21H17ClO3S. The largest absolute Gasteiger partial charge is 0.493 e. The summed E-state index contributed by atoms with van der Waals surface area (Å²) in [7, 11) is 1.60. The maximum Gasteiger partial charge on any atom is 0.195 e. The van der Waals surface area contributed by atoms with Gasteiger partial charge in [0.05, 0.1) is 16.3 Å². The summed E-state index contributed by atoms with van der Waals surface area (Å²) < 4.78 is 11.8. The number of benzene rings is 2. The number of methoxy groups -OCH3 is 1. The van der Waals surface area contributed by atoms with Crippen LogP contribution in [-0.2, 0) is 6.61 Å². The highest BCUT2D eigenvalue weighted by molar-refractivity contribution is 7.18. The van der Waals surface area contributed by atoms with Crippen molar-refractivity contribution in [1.29, 1.82) is 0 Å². The van der Waals surface area contributed by atoms with E-state index in [1.807, 2.05) is 48.5 Å². The number of ketones is 1. The Bertz CT molecular complexity index is 916. The molecule has 0 spiro atoms. The molecule has 0 bridgehead atoms. The summed E-state index contributed by atoms with van der Waals surface area (Å²) in [4.78, 5) is 12.8. The van der Waals surface area contributed by atoms with Crippen LogP contribution in [0.15, 0.2) is 66.7 Å². The second kappa shape index (κ2) is 8.70. The second-order valence-corrected chi connectivity index (χ2v) is 7.20. The minimum atomic E-state index is -0.0792. The van der Waals surface area contributed by atoms with Crippen LogP contribution in [0.5, 0.6) is 11.5 Å². The summed E-state index contributed by atoms with van der Waals surface area (Å²) in [5.74, 6) is 1.20. The lowest BCUT2D eigenvalue weighted by Crippen LogP contribution is -1.98. The maximum atomic E-state index is 12.2. The van der Waals surface area contributed by atoms with Crippen LogP contribution in [0.2, 0.25) is 4.34 Å². The van der Waals surface area contributed by atoms with Crippen molar-refractivity contribution in [3.8, 4) is 11.5 Å². The van der Waals surface area contributed by atoms with Crippen molar-refractivity contribution in [2.75, 3.05) is 7.11 Å². The fraction of sp³-hybridized carbons (Fsp3) is 0.0952. The predicted octanol–water partition coefficient (Wildman–Crippen LogP) is 5.89. The zero-order valence-corrected chi connectivity index (χ0v) is 15.7. The Labute approximate surface area is 161 Å². The minimum Gasteiger partial charge on any atom is -0.493 e. The van der Waals surface area contributed by atoms with Crippen molar-refractivity contribution in [3.63, 3.8) is 0 Å². The zero-order chi connectivity index (χ0) is 18.4. The number of ether oxygens (including phenoxy) is 2. The highest BCUT2D eigenvalue weighted by atomic mass is 35.5. The molecule has 0 radical (unpaired) electrons. The van der Waals surface area contributed by atoms with E-state index in [0.717, 1.165) is 11.1 Å². The van der Waals surface area contributed by atoms with Crippen molar-refractivity contribution < 1.29 is 14.3 Å². The number of allylic oxidation sites excluding steroid dienone is 1. The lowest BCUT2D eigenvalue weighted by Gasteiger charge is -2.11. The van der Waals surface area contributed by atoms with Gasteiger partial charge in [0.25, 0.3) is 0 Å². The molecule has 0 amide bonds. The first-order valence-electron chi connectivity index (χ1n) is 7.98. The Hall–Kier alpha value is -2.56. The molecule has 5 heteroatoms. The van der Waals surface area contributed by atoms with Crippen molar-refractivity contribution in [2.45, 2.75) is 6.61 Å². The molecule has 0 aliphatic heterocycles. The van der Waals surface area contributed by atoms with E-state index in [0.29, 0.717) is 27.3 Å². The topological polar surface area (TPSA) is 35.5 Å². The average molecular weight is 385 g/mol. The summed E-state index contributed by atoms with van der Waals surface area (Å²) in [5, 5.41) is 0. The van der Waals surface area contributed by atoms with Gasteiger partial charge in [-0.3, -0.25) is 4.79 Å². The number of thiophene rings is 1. The van der Waals surface area contributed by atoms with Crippen molar-refractivity contribution >= 4 is 34.8 Å². The third-order valence-electron chi connectivity index (χ3n) is 3.67. The molecule has 1 aromatic heterocycles. The highest BCUT2D eigenvalue weighted by Gasteiger charge is 2.07. The molecule has 132 valence electrons. The van der Waals surface area contributed by atoms with Crippen molar-refractivity contribution in [1.82, 2.24) is 0 Å². The van der Waals surface area contributed by atoms with Gasteiger partial charge in [0.15, 0.2) is 17.3 Å². The van der Waals surface area contributed by atoms with Gasteiger partial charge < -0.3 is 9.47 Å². The molecule has 0 N–H and O–H groups in total. The van der Waals surface area contributed by atoms with E-state index in [1.165, 1.54) is 17.4 Å². The third-order valence-corrected chi connectivity index (χ3v) is 4.91. The van der Waals surface area contributed by atoms with Gasteiger partial charge in [-0.15, -0.1) is 11.3 Å². The molecule has 0 atom stereocenters. The number of rotatable bonds is 7. The first-order chi connectivity index (χ1) is 12.7. The van der Waals surface area contributed by atoms with Crippen molar-refractivity contribution in [3.05, 3.63) is 87.1 Å². The Morgan fingerprint density at radius 2 is 1.88 bits per heavy atom. The standard InChI is InChI=1S/C21H17ClO3S/c1-24-18-10-8-15(7-9-17(23)20-11-12-21(22)26-20)13-19(18)25-14-16-5-3-2-4-6-16/h2-13H,14H2,1H3. The summed E-state index contributed by atoms with van der Waals surface area (Å²) >= 11 is 7.14. The van der Waals surface area contributed by atoms with E-state index in [2.05, 4.69) is 0 Å². The van der Waals surface area contributed by atoms with Crippen LogP contribution >= 0.6 is 22.9 Å². The number of hydrogen-bond donors (Lipinski definition) is 0. The second-order valence-electron chi connectivity index (χ2n) is 5.49. The van der Waals surface area contributed by atoms with Gasteiger partial charge in [-0.05, 0) is 41.5 Å². The minimum absolute atomic E-state index is 0.0792. The Balaban J connectivity index is 1.74. The van der Waals surface area contributed by atoms with Crippen LogP contribution in [-0.4, -0.2) is 12.9 Å². The summed E-state index contributed by atoms with van der Waals surface area (Å²) in [6.45, 7) is 0.441. The fourth-order valence-corrected chi connectivity index (χ4v) is 3.31. The number of carbonyl (C=O) groups is 1. The van der Waals surface area contributed by atoms with E-state index in [9.17, 15) is 4.79 Å². The van der Waals surface area contributed by atoms with Crippen molar-refractivity contribution in [2.24, 2.45) is 0 Å². The molecule has 3 aromatic rings. The van der Waals surface area contributed by atoms with Crippen LogP contribution in [0.25, 0.3) is 6.08 Å². The molecule has 26 heavy (non-hydrogen) atoms. The predicted molar refractivity (Wildman–Crippen MR) is 106 cm³/mol. The first-order valence-corrected chi connectivity index (χ1v) is 9.17. The van der Waals surface area contributed by atoms with Gasteiger partial charge >= 0.3 is 0 Å². The molecule has 0 aliphatic rings. The normalized spacial score (nSPS) is 10.8. The van der Waals surface area contributed by atoms with Crippen LogP contribution in [0.1, 0.15) is 20.8 Å². The van der Waals surface area contributed by atoms with E-state index in [4.69, 9.17) is 21.1 Å². The molecule has 0 saturated carbocycles. The van der Waals surface area contributed by atoms with E-state index >= 15 is 0 Å². The Morgan fingerprint density at radius 1 is 1.08 bits per heavy atom. The fourth-order valence-electron chi connectivity index (χ4n) is 2.35. The Kier molecular flexibility index (Phi) is 6.10. The average Bonchev–Trinajstić information content (AvgIpc) is 3.12. The monoisotopic (exact) mass is 384 g/mol. The number of halogens is 1. The van der Waals surface area contributed by atoms with Gasteiger partial charge in [0.2, 0.25) is 0 Å². The zero-order valence-electron chi connectivity index (χ0n) is 14.1. The molecule has 1 heterocycles. The van der Waals surface area contributed by atoms with Crippen LogP contribution in [0.3, 0.4) is 0 Å². The van der Waals surface area contributed by atoms with E-state index < -0.39 is 0 Å². The third kappa shape index (κ3) is 4.75. The number of carbonyl (C=O) groups excluding carboxylic acids is 1. The van der Waals surface area contributed by atoms with Crippen LogP contribution < -0.4 is 9.47 Å². The molecule has 2 aromatic carbocycles. The van der Waals surface area contributed by atoms with Gasteiger partial charge in [-0.25, -0.2) is 0 Å². The molecule has 3 nitrogen and oxygen atoms in total. The molecule has 0 aliphatic carbocycles. The maximum absolute atomic E-state index is 12.2. The summed E-state index contributed by atoms with van der Waals surface area (Å²) in [6.07, 6.45) is 3.29. The van der Waals surface area contributed by atoms with E-state index in [1.54, 1.807) is 25.3 Å².